The summed E-state index contributed by atoms with van der Waals surface area (Å²) in [5.41, 5.74) is 6.22. The molecule has 18 heavy (non-hydrogen) atoms. The minimum absolute atomic E-state index is 0.446. The third kappa shape index (κ3) is 2.89. The fraction of sp³-hybridized carbons (Fsp3) is 0.167. The minimum atomic E-state index is -0.600. The predicted octanol–water partition coefficient (Wildman–Crippen LogP) is 1.82. The molecule has 1 unspecified atom stereocenters. The molecule has 5 nitrogen and oxygen atoms in total. The monoisotopic (exact) mass is 308 g/mol. The molecule has 1 heterocycles. The van der Waals surface area contributed by atoms with Crippen LogP contribution < -0.4 is 11.1 Å². The third-order valence-electron chi connectivity index (χ3n) is 2.47. The van der Waals surface area contributed by atoms with Gasteiger partial charge in [-0.2, -0.15) is 5.10 Å². The molecule has 0 spiro atoms. The van der Waals surface area contributed by atoms with Crippen LogP contribution in [0.1, 0.15) is 11.6 Å². The molecule has 94 valence electrons. The molecule has 0 aliphatic heterocycles. The number of hydrogen-bond acceptors (Lipinski definition) is 3. The van der Waals surface area contributed by atoms with Gasteiger partial charge in [0.1, 0.15) is 11.9 Å². The molecule has 0 saturated heterocycles. The predicted molar refractivity (Wildman–Crippen MR) is 72.9 cm³/mol. The number of carbonyl (C=O) groups excluding carboxylic acids is 1. The Bertz CT molecular complexity index is 567. The number of primary amides is 1. The van der Waals surface area contributed by atoms with Gasteiger partial charge in [-0.15, -0.1) is 0 Å². The quantitative estimate of drug-likeness (QED) is 0.905. The van der Waals surface area contributed by atoms with Crippen molar-refractivity contribution < 1.29 is 4.79 Å². The Morgan fingerprint density at radius 3 is 2.83 bits per heavy atom. The summed E-state index contributed by atoms with van der Waals surface area (Å²) in [6.07, 6.45) is 1.79. The van der Waals surface area contributed by atoms with Crippen molar-refractivity contribution in [3.05, 3.63) is 46.6 Å². The zero-order valence-electron chi connectivity index (χ0n) is 9.80. The van der Waals surface area contributed by atoms with Gasteiger partial charge in [-0.3, -0.25) is 9.48 Å². The zero-order chi connectivity index (χ0) is 13.1. The van der Waals surface area contributed by atoms with Crippen LogP contribution in [0.4, 0.5) is 5.82 Å². The van der Waals surface area contributed by atoms with Gasteiger partial charge in [0.05, 0.1) is 0 Å². The number of carbonyl (C=O) groups is 1. The maximum Gasteiger partial charge on any atom is 0.244 e. The minimum Gasteiger partial charge on any atom is -0.368 e. The number of hydrogen-bond donors (Lipinski definition) is 2. The second-order valence-electron chi connectivity index (χ2n) is 3.91. The van der Waals surface area contributed by atoms with Crippen molar-refractivity contribution in [1.82, 2.24) is 9.78 Å². The van der Waals surface area contributed by atoms with Crippen molar-refractivity contribution in [2.45, 2.75) is 6.04 Å². The molecule has 0 saturated carbocycles. The summed E-state index contributed by atoms with van der Waals surface area (Å²) in [7, 11) is 1.81. The summed E-state index contributed by atoms with van der Waals surface area (Å²) in [6, 6.07) is 8.63. The van der Waals surface area contributed by atoms with Crippen LogP contribution in [0, 0.1) is 0 Å². The van der Waals surface area contributed by atoms with Crippen LogP contribution in [0.25, 0.3) is 0 Å². The van der Waals surface area contributed by atoms with Crippen LogP contribution in [0.5, 0.6) is 0 Å². The Hall–Kier alpha value is -1.82. The van der Waals surface area contributed by atoms with Gasteiger partial charge in [-0.05, 0) is 17.7 Å². The van der Waals surface area contributed by atoms with Crippen LogP contribution >= 0.6 is 15.9 Å². The summed E-state index contributed by atoms with van der Waals surface area (Å²) >= 11 is 3.37. The number of aromatic nitrogens is 2. The Kier molecular flexibility index (Phi) is 3.66. The van der Waals surface area contributed by atoms with Gasteiger partial charge in [-0.25, -0.2) is 0 Å². The molecule has 1 atom stereocenters. The molecule has 6 heteroatoms. The number of anilines is 1. The average molecular weight is 309 g/mol. The number of nitrogens with zero attached hydrogens (tertiary/aromatic N) is 2. The maximum atomic E-state index is 11.5. The van der Waals surface area contributed by atoms with Crippen LogP contribution in [0.15, 0.2) is 41.0 Å². The highest BCUT2D eigenvalue weighted by Gasteiger charge is 2.18. The molecule has 2 rings (SSSR count). The number of nitrogens with one attached hydrogen (secondary N) is 1. The Balaban J connectivity index is 2.26. The van der Waals surface area contributed by atoms with E-state index in [9.17, 15) is 4.79 Å². The molecular weight excluding hydrogens is 296 g/mol. The van der Waals surface area contributed by atoms with Crippen LogP contribution in [0.3, 0.4) is 0 Å². The third-order valence-corrected chi connectivity index (χ3v) is 2.97. The molecular formula is C12H13BrN4O. The van der Waals surface area contributed by atoms with E-state index in [-0.39, 0.29) is 0 Å². The molecule has 0 bridgehead atoms. The number of rotatable bonds is 4. The van der Waals surface area contributed by atoms with Gasteiger partial charge >= 0.3 is 0 Å². The number of benzene rings is 1. The fourth-order valence-corrected chi connectivity index (χ4v) is 2.06. The molecule has 3 N–H and O–H groups in total. The summed E-state index contributed by atoms with van der Waals surface area (Å²) in [5, 5.41) is 7.18. The largest absolute Gasteiger partial charge is 0.368 e. The van der Waals surface area contributed by atoms with Crippen LogP contribution in [-0.4, -0.2) is 15.7 Å². The smallest absolute Gasteiger partial charge is 0.244 e. The van der Waals surface area contributed by atoms with Gasteiger partial charge in [0, 0.05) is 23.8 Å². The second kappa shape index (κ2) is 5.22. The van der Waals surface area contributed by atoms with Crippen molar-refractivity contribution in [1.29, 1.82) is 0 Å². The summed E-state index contributed by atoms with van der Waals surface area (Å²) < 4.78 is 2.55. The molecule has 0 aliphatic carbocycles. The topological polar surface area (TPSA) is 72.9 Å². The van der Waals surface area contributed by atoms with Crippen LogP contribution in [0.2, 0.25) is 0 Å². The lowest BCUT2D eigenvalue weighted by molar-refractivity contribution is -0.118. The lowest BCUT2D eigenvalue weighted by Crippen LogP contribution is -2.27. The van der Waals surface area contributed by atoms with Crippen molar-refractivity contribution in [2.75, 3.05) is 5.32 Å². The average Bonchev–Trinajstić information content (AvgIpc) is 2.71. The highest BCUT2D eigenvalue weighted by molar-refractivity contribution is 9.10. The second-order valence-corrected chi connectivity index (χ2v) is 4.83. The Labute approximate surface area is 113 Å². The van der Waals surface area contributed by atoms with Crippen molar-refractivity contribution >= 4 is 27.7 Å². The fourth-order valence-electron chi connectivity index (χ4n) is 1.64. The van der Waals surface area contributed by atoms with Crippen molar-refractivity contribution in [2.24, 2.45) is 12.8 Å². The standard InChI is InChI=1S/C12H13BrN4O/c1-17-6-5-10(16-17)15-11(12(14)18)8-3-2-4-9(13)7-8/h2-7,11H,1H3,(H2,14,18)(H,15,16). The molecule has 1 amide bonds. The number of aryl methyl sites for hydroxylation is 1. The summed E-state index contributed by atoms with van der Waals surface area (Å²) in [6.45, 7) is 0. The lowest BCUT2D eigenvalue weighted by Gasteiger charge is -2.15. The first-order chi connectivity index (χ1) is 8.56. The van der Waals surface area contributed by atoms with E-state index < -0.39 is 11.9 Å². The van der Waals surface area contributed by atoms with Gasteiger partial charge in [0.25, 0.3) is 0 Å². The van der Waals surface area contributed by atoms with Gasteiger partial charge in [0.15, 0.2) is 0 Å². The Morgan fingerprint density at radius 2 is 2.28 bits per heavy atom. The van der Waals surface area contributed by atoms with Gasteiger partial charge < -0.3 is 11.1 Å². The zero-order valence-corrected chi connectivity index (χ0v) is 11.4. The highest BCUT2D eigenvalue weighted by Crippen LogP contribution is 2.21. The number of nitrogens with two attached hydrogens (primary N) is 1. The van der Waals surface area contributed by atoms with E-state index in [1.807, 2.05) is 31.3 Å². The van der Waals surface area contributed by atoms with E-state index in [2.05, 4.69) is 26.3 Å². The number of amides is 1. The normalized spacial score (nSPS) is 12.1. The van der Waals surface area contributed by atoms with Crippen molar-refractivity contribution in [3.63, 3.8) is 0 Å². The maximum absolute atomic E-state index is 11.5. The van der Waals surface area contributed by atoms with Crippen LogP contribution in [-0.2, 0) is 11.8 Å². The number of halogens is 1. The highest BCUT2D eigenvalue weighted by atomic mass is 79.9. The molecule has 0 radical (unpaired) electrons. The molecule has 0 fully saturated rings. The molecule has 1 aromatic carbocycles. The summed E-state index contributed by atoms with van der Waals surface area (Å²) in [4.78, 5) is 11.5. The van der Waals surface area contributed by atoms with E-state index in [1.165, 1.54) is 0 Å². The first kappa shape index (κ1) is 12.6. The van der Waals surface area contributed by atoms with Gasteiger partial charge in [-0.1, -0.05) is 28.1 Å². The van der Waals surface area contributed by atoms with E-state index in [1.54, 1.807) is 16.9 Å². The Morgan fingerprint density at radius 1 is 1.50 bits per heavy atom. The van der Waals surface area contributed by atoms with E-state index >= 15 is 0 Å². The van der Waals surface area contributed by atoms with E-state index in [0.29, 0.717) is 5.82 Å². The van der Waals surface area contributed by atoms with E-state index in [0.717, 1.165) is 10.0 Å². The van der Waals surface area contributed by atoms with E-state index in [4.69, 9.17) is 5.73 Å². The van der Waals surface area contributed by atoms with Crippen molar-refractivity contribution in [3.8, 4) is 0 Å². The first-order valence-corrected chi connectivity index (χ1v) is 6.16. The SMILES string of the molecule is Cn1ccc(NC(C(N)=O)c2cccc(Br)c2)n1. The lowest BCUT2D eigenvalue weighted by atomic mass is 10.1. The van der Waals surface area contributed by atoms with Gasteiger partial charge in [0.2, 0.25) is 5.91 Å². The first-order valence-electron chi connectivity index (χ1n) is 5.37. The molecule has 2 aromatic rings. The molecule has 1 aromatic heterocycles. The molecule has 0 aliphatic rings. The summed E-state index contributed by atoms with van der Waals surface area (Å²) in [5.74, 6) is 0.167.